The number of aromatic nitrogens is 3. The van der Waals surface area contributed by atoms with Gasteiger partial charge in [0.1, 0.15) is 0 Å². The second-order valence-electron chi connectivity index (χ2n) is 6.63. The number of carbonyl (C=O) groups excluding carboxylic acids is 1. The smallest absolute Gasteiger partial charge is 0.255 e. The summed E-state index contributed by atoms with van der Waals surface area (Å²) in [5.74, 6) is 0.0380. The van der Waals surface area contributed by atoms with Crippen LogP contribution >= 0.6 is 0 Å². The van der Waals surface area contributed by atoms with E-state index in [1.54, 1.807) is 6.20 Å². The quantitative estimate of drug-likeness (QED) is 0.912. The van der Waals surface area contributed by atoms with Gasteiger partial charge < -0.3 is 10.0 Å². The first-order chi connectivity index (χ1) is 11.7. The summed E-state index contributed by atoms with van der Waals surface area (Å²) < 4.78 is 1.91. The Morgan fingerprint density at radius 2 is 2.04 bits per heavy atom. The number of amides is 1. The third-order valence-corrected chi connectivity index (χ3v) is 4.93. The molecule has 1 aliphatic carbocycles. The van der Waals surface area contributed by atoms with Crippen LogP contribution < -0.4 is 0 Å². The van der Waals surface area contributed by atoms with Gasteiger partial charge in [-0.2, -0.15) is 5.10 Å². The molecule has 0 radical (unpaired) electrons. The Bertz CT molecular complexity index is 768. The number of aliphatic hydroxyl groups is 1. The highest BCUT2D eigenvalue weighted by Crippen LogP contribution is 2.22. The average molecular weight is 326 g/mol. The van der Waals surface area contributed by atoms with Crippen LogP contribution in [0.15, 0.2) is 18.3 Å². The SMILES string of the molecule is O=C(c1cnc2c(c1)CCCC2)N1CCCn2nc(CO)cc2C1. The molecule has 6 nitrogen and oxygen atoms in total. The van der Waals surface area contributed by atoms with Gasteiger partial charge in [-0.3, -0.25) is 14.5 Å². The molecule has 2 aromatic rings. The van der Waals surface area contributed by atoms with Crippen molar-refractivity contribution in [3.63, 3.8) is 0 Å². The monoisotopic (exact) mass is 326 g/mol. The highest BCUT2D eigenvalue weighted by atomic mass is 16.3. The first-order valence-corrected chi connectivity index (χ1v) is 8.68. The predicted molar refractivity (Wildman–Crippen MR) is 88.4 cm³/mol. The van der Waals surface area contributed by atoms with Gasteiger partial charge in [-0.25, -0.2) is 0 Å². The molecule has 0 spiro atoms. The second kappa shape index (κ2) is 6.36. The van der Waals surface area contributed by atoms with E-state index in [0.29, 0.717) is 24.3 Å². The molecule has 0 bridgehead atoms. The maximum absolute atomic E-state index is 12.9. The van der Waals surface area contributed by atoms with Gasteiger partial charge in [0, 0.05) is 25.0 Å². The van der Waals surface area contributed by atoms with Gasteiger partial charge in [-0.15, -0.1) is 0 Å². The number of pyridine rings is 1. The van der Waals surface area contributed by atoms with Crippen molar-refractivity contribution in [3.05, 3.63) is 46.5 Å². The summed E-state index contributed by atoms with van der Waals surface area (Å²) in [5.41, 5.74) is 4.71. The average Bonchev–Trinajstić information content (AvgIpc) is 2.91. The van der Waals surface area contributed by atoms with Crippen molar-refractivity contribution in [3.8, 4) is 0 Å². The van der Waals surface area contributed by atoms with Crippen LogP contribution in [0.4, 0.5) is 0 Å². The Kier molecular flexibility index (Phi) is 4.06. The third kappa shape index (κ3) is 2.82. The maximum atomic E-state index is 12.9. The topological polar surface area (TPSA) is 71.2 Å². The van der Waals surface area contributed by atoms with Crippen molar-refractivity contribution in [2.24, 2.45) is 0 Å². The van der Waals surface area contributed by atoms with E-state index in [1.807, 2.05) is 21.7 Å². The van der Waals surface area contributed by atoms with Crippen molar-refractivity contribution in [2.75, 3.05) is 6.54 Å². The fourth-order valence-electron chi connectivity index (χ4n) is 3.66. The van der Waals surface area contributed by atoms with Crippen LogP contribution in [-0.4, -0.2) is 37.2 Å². The molecular weight excluding hydrogens is 304 g/mol. The molecule has 1 amide bonds. The van der Waals surface area contributed by atoms with Crippen molar-refractivity contribution >= 4 is 5.91 Å². The lowest BCUT2D eigenvalue weighted by atomic mass is 9.95. The number of aryl methyl sites for hydroxylation is 3. The largest absolute Gasteiger partial charge is 0.390 e. The highest BCUT2D eigenvalue weighted by Gasteiger charge is 2.23. The summed E-state index contributed by atoms with van der Waals surface area (Å²) in [7, 11) is 0. The van der Waals surface area contributed by atoms with E-state index in [9.17, 15) is 9.90 Å². The van der Waals surface area contributed by atoms with E-state index in [1.165, 1.54) is 18.4 Å². The van der Waals surface area contributed by atoms with Crippen molar-refractivity contribution in [1.82, 2.24) is 19.7 Å². The summed E-state index contributed by atoms with van der Waals surface area (Å²) in [6.45, 7) is 1.96. The molecular formula is C18H22N4O2. The molecule has 0 saturated heterocycles. The van der Waals surface area contributed by atoms with Crippen molar-refractivity contribution < 1.29 is 9.90 Å². The minimum absolute atomic E-state index is 0.0380. The third-order valence-electron chi connectivity index (χ3n) is 4.93. The molecule has 3 heterocycles. The molecule has 0 unspecified atom stereocenters. The zero-order valence-corrected chi connectivity index (χ0v) is 13.7. The van der Waals surface area contributed by atoms with E-state index in [4.69, 9.17) is 0 Å². The molecule has 1 aliphatic heterocycles. The van der Waals surface area contributed by atoms with Crippen molar-refractivity contribution in [1.29, 1.82) is 0 Å². The number of hydrogen-bond acceptors (Lipinski definition) is 4. The van der Waals surface area contributed by atoms with Gasteiger partial charge in [0.25, 0.3) is 5.91 Å². The molecule has 2 aromatic heterocycles. The zero-order chi connectivity index (χ0) is 16.5. The molecule has 24 heavy (non-hydrogen) atoms. The Morgan fingerprint density at radius 1 is 1.17 bits per heavy atom. The van der Waals surface area contributed by atoms with Crippen molar-refractivity contribution in [2.45, 2.75) is 51.8 Å². The van der Waals surface area contributed by atoms with Crippen LogP contribution in [0.25, 0.3) is 0 Å². The first kappa shape index (κ1) is 15.3. The van der Waals surface area contributed by atoms with Crippen LogP contribution in [0.3, 0.4) is 0 Å². The van der Waals surface area contributed by atoms with Gasteiger partial charge in [-0.05, 0) is 49.8 Å². The number of aliphatic hydroxyl groups excluding tert-OH is 1. The second-order valence-corrected chi connectivity index (χ2v) is 6.63. The number of fused-ring (bicyclic) bond motifs is 2. The molecule has 0 fully saturated rings. The van der Waals surface area contributed by atoms with E-state index in [2.05, 4.69) is 10.1 Å². The molecule has 0 aromatic carbocycles. The summed E-state index contributed by atoms with van der Waals surface area (Å²) in [5, 5.41) is 13.6. The number of hydrogen-bond donors (Lipinski definition) is 1. The summed E-state index contributed by atoms with van der Waals surface area (Å²) >= 11 is 0. The molecule has 6 heteroatoms. The molecule has 0 saturated carbocycles. The zero-order valence-electron chi connectivity index (χ0n) is 13.7. The first-order valence-electron chi connectivity index (χ1n) is 8.68. The Morgan fingerprint density at radius 3 is 2.92 bits per heavy atom. The summed E-state index contributed by atoms with van der Waals surface area (Å²) in [4.78, 5) is 19.3. The van der Waals surface area contributed by atoms with E-state index in [-0.39, 0.29) is 12.5 Å². The number of nitrogens with zero attached hydrogens (tertiary/aromatic N) is 4. The van der Waals surface area contributed by atoms with Gasteiger partial charge in [0.05, 0.1) is 30.1 Å². The number of rotatable bonds is 2. The summed E-state index contributed by atoms with van der Waals surface area (Å²) in [6.07, 6.45) is 7.01. The van der Waals surface area contributed by atoms with Crippen LogP contribution in [0.2, 0.25) is 0 Å². The lowest BCUT2D eigenvalue weighted by Gasteiger charge is -2.21. The lowest BCUT2D eigenvalue weighted by Crippen LogP contribution is -2.31. The van der Waals surface area contributed by atoms with E-state index >= 15 is 0 Å². The fraction of sp³-hybridized carbons (Fsp3) is 0.500. The minimum Gasteiger partial charge on any atom is -0.390 e. The Hall–Kier alpha value is -2.21. The molecule has 1 N–H and O–H groups in total. The Balaban J connectivity index is 1.57. The molecule has 4 rings (SSSR count). The van der Waals surface area contributed by atoms with Gasteiger partial charge in [0.2, 0.25) is 0 Å². The van der Waals surface area contributed by atoms with E-state index in [0.717, 1.165) is 37.2 Å². The van der Waals surface area contributed by atoms with Crippen LogP contribution in [0.5, 0.6) is 0 Å². The fourth-order valence-corrected chi connectivity index (χ4v) is 3.66. The van der Waals surface area contributed by atoms with Crippen LogP contribution in [0.1, 0.15) is 52.3 Å². The number of carbonyl (C=O) groups is 1. The maximum Gasteiger partial charge on any atom is 0.255 e. The van der Waals surface area contributed by atoms with E-state index < -0.39 is 0 Å². The minimum atomic E-state index is -0.0668. The lowest BCUT2D eigenvalue weighted by molar-refractivity contribution is 0.0745. The Labute approximate surface area is 141 Å². The molecule has 0 atom stereocenters. The van der Waals surface area contributed by atoms with Gasteiger partial charge >= 0.3 is 0 Å². The highest BCUT2D eigenvalue weighted by molar-refractivity contribution is 5.94. The molecule has 126 valence electrons. The van der Waals surface area contributed by atoms with Gasteiger partial charge in [-0.1, -0.05) is 0 Å². The van der Waals surface area contributed by atoms with Gasteiger partial charge in [0.15, 0.2) is 0 Å². The summed E-state index contributed by atoms with van der Waals surface area (Å²) in [6, 6.07) is 3.92. The molecule has 2 aliphatic rings. The van der Waals surface area contributed by atoms with Crippen LogP contribution in [0, 0.1) is 0 Å². The standard InChI is InChI=1S/C18H22N4O2/c23-12-15-9-16-11-21(6-3-7-22(16)20-15)18(24)14-8-13-4-1-2-5-17(13)19-10-14/h8-10,23H,1-7,11-12H2. The normalized spacial score (nSPS) is 17.1. The predicted octanol–water partition coefficient (Wildman–Crippen LogP) is 1.70. The van der Waals surface area contributed by atoms with Crippen LogP contribution in [-0.2, 0) is 32.5 Å².